The van der Waals surface area contributed by atoms with Crippen LogP contribution in [0.1, 0.15) is 24.8 Å². The van der Waals surface area contributed by atoms with Crippen LogP contribution in [0.25, 0.3) is 22.3 Å². The van der Waals surface area contributed by atoms with Crippen molar-refractivity contribution in [1.82, 2.24) is 19.9 Å². The summed E-state index contributed by atoms with van der Waals surface area (Å²) in [5.41, 5.74) is 2.70. The van der Waals surface area contributed by atoms with Gasteiger partial charge in [0.05, 0.1) is 11.1 Å². The van der Waals surface area contributed by atoms with Crippen LogP contribution in [0, 0.1) is 16.7 Å². The molecule has 0 N–H and O–H groups in total. The van der Waals surface area contributed by atoms with Crippen molar-refractivity contribution in [3.05, 3.63) is 48.3 Å². The van der Waals surface area contributed by atoms with Crippen molar-refractivity contribution < 1.29 is 0 Å². The Morgan fingerprint density at radius 1 is 1.00 bits per heavy atom. The van der Waals surface area contributed by atoms with Crippen molar-refractivity contribution >= 4 is 16.7 Å². The summed E-state index contributed by atoms with van der Waals surface area (Å²) in [6.45, 7) is 4.39. The van der Waals surface area contributed by atoms with Gasteiger partial charge in [0, 0.05) is 43.0 Å². The van der Waals surface area contributed by atoms with Crippen LogP contribution < -0.4 is 4.90 Å². The van der Waals surface area contributed by atoms with E-state index in [-0.39, 0.29) is 0 Å². The number of likely N-dealkylation sites (tertiary alicyclic amines) is 1. The molecule has 2 fully saturated rings. The molecule has 1 spiro atoms. The van der Waals surface area contributed by atoms with Gasteiger partial charge in [-0.3, -0.25) is 4.98 Å². The second-order valence-corrected chi connectivity index (χ2v) is 8.40. The average molecular weight is 384 g/mol. The molecule has 6 heteroatoms. The van der Waals surface area contributed by atoms with Gasteiger partial charge in [-0.2, -0.15) is 5.26 Å². The monoisotopic (exact) mass is 384 g/mol. The molecule has 3 aromatic rings. The summed E-state index contributed by atoms with van der Waals surface area (Å²) in [6, 6.07) is 11.9. The van der Waals surface area contributed by atoms with E-state index in [0.717, 1.165) is 35.4 Å². The van der Waals surface area contributed by atoms with Gasteiger partial charge in [0.15, 0.2) is 5.82 Å². The van der Waals surface area contributed by atoms with Crippen LogP contribution in [0.3, 0.4) is 0 Å². The van der Waals surface area contributed by atoms with E-state index in [1.165, 1.54) is 32.4 Å². The highest BCUT2D eigenvalue weighted by Crippen LogP contribution is 2.41. The van der Waals surface area contributed by atoms with Gasteiger partial charge in [0.25, 0.3) is 0 Å². The number of nitrogens with zero attached hydrogens (tertiary/aromatic N) is 6. The van der Waals surface area contributed by atoms with Gasteiger partial charge in [0.1, 0.15) is 11.9 Å². The highest BCUT2D eigenvalue weighted by atomic mass is 15.2. The fourth-order valence-corrected chi connectivity index (χ4v) is 4.86. The van der Waals surface area contributed by atoms with Gasteiger partial charge in [-0.1, -0.05) is 6.07 Å². The van der Waals surface area contributed by atoms with E-state index in [0.29, 0.717) is 16.8 Å². The summed E-state index contributed by atoms with van der Waals surface area (Å²) in [5.74, 6) is 1.60. The molecule has 0 radical (unpaired) electrons. The number of anilines is 1. The minimum atomic E-state index is 0.458. The molecule has 0 saturated carbocycles. The van der Waals surface area contributed by atoms with Crippen LogP contribution in [-0.2, 0) is 0 Å². The Kier molecular flexibility index (Phi) is 4.40. The molecule has 0 atom stereocenters. The molecule has 4 heterocycles. The van der Waals surface area contributed by atoms with Crippen LogP contribution in [0.5, 0.6) is 0 Å². The van der Waals surface area contributed by atoms with Crippen LogP contribution in [0.15, 0.2) is 42.7 Å². The van der Waals surface area contributed by atoms with Gasteiger partial charge in [-0.25, -0.2) is 9.97 Å². The van der Waals surface area contributed by atoms with E-state index in [2.05, 4.69) is 27.9 Å². The normalized spacial score (nSPS) is 19.0. The lowest BCUT2D eigenvalue weighted by molar-refractivity contribution is 0.222. The highest BCUT2D eigenvalue weighted by molar-refractivity contribution is 5.94. The van der Waals surface area contributed by atoms with E-state index in [1.807, 2.05) is 30.3 Å². The van der Waals surface area contributed by atoms with E-state index in [4.69, 9.17) is 9.97 Å². The fraction of sp³-hybridized carbons (Fsp3) is 0.391. The van der Waals surface area contributed by atoms with Crippen LogP contribution in [0.2, 0.25) is 0 Å². The van der Waals surface area contributed by atoms with Crippen molar-refractivity contribution in [2.45, 2.75) is 19.3 Å². The third-order valence-corrected chi connectivity index (χ3v) is 6.52. The number of hydrogen-bond donors (Lipinski definition) is 0. The quantitative estimate of drug-likeness (QED) is 0.674. The molecule has 1 aromatic carbocycles. The second-order valence-electron chi connectivity index (χ2n) is 8.40. The van der Waals surface area contributed by atoms with Crippen LogP contribution in [-0.4, -0.2) is 53.1 Å². The molecule has 0 unspecified atom stereocenters. The number of aromatic nitrogens is 3. The van der Waals surface area contributed by atoms with E-state index in [1.54, 1.807) is 12.4 Å². The maximum absolute atomic E-state index is 9.62. The standard InChI is InChI=1S/C23H24N6/c1-28-12-7-23(16-28)8-13-29(14-9-23)22-19-4-2-3-18(15-24)20(19)26-21(27-22)17-5-10-25-11-6-17/h2-6,10-11H,7-9,12-14,16H2,1H3. The Hall–Kier alpha value is -3.04. The number of para-hydroxylation sites is 1. The number of rotatable bonds is 2. The van der Waals surface area contributed by atoms with Crippen molar-refractivity contribution in [1.29, 1.82) is 5.26 Å². The number of hydrogen-bond acceptors (Lipinski definition) is 6. The van der Waals surface area contributed by atoms with E-state index in [9.17, 15) is 5.26 Å². The molecular weight excluding hydrogens is 360 g/mol. The Labute approximate surface area is 170 Å². The molecule has 0 amide bonds. The lowest BCUT2D eigenvalue weighted by atomic mass is 9.78. The molecule has 5 rings (SSSR count). The SMILES string of the molecule is CN1CCC2(CCN(c3nc(-c4ccncc4)nc4c(C#N)cccc34)CC2)C1. The molecule has 2 saturated heterocycles. The molecule has 6 nitrogen and oxygen atoms in total. The molecule has 29 heavy (non-hydrogen) atoms. The predicted molar refractivity (Wildman–Crippen MR) is 113 cm³/mol. The predicted octanol–water partition coefficient (Wildman–Crippen LogP) is 3.49. The second kappa shape index (κ2) is 7.09. The zero-order valence-corrected chi connectivity index (χ0v) is 16.7. The van der Waals surface area contributed by atoms with Crippen molar-refractivity contribution in [3.63, 3.8) is 0 Å². The van der Waals surface area contributed by atoms with Gasteiger partial charge in [-0.05, 0) is 62.5 Å². The highest BCUT2D eigenvalue weighted by Gasteiger charge is 2.39. The minimum Gasteiger partial charge on any atom is -0.356 e. The molecule has 2 aliphatic heterocycles. The summed E-state index contributed by atoms with van der Waals surface area (Å²) in [6.07, 6.45) is 7.17. The summed E-state index contributed by atoms with van der Waals surface area (Å²) in [7, 11) is 2.23. The largest absolute Gasteiger partial charge is 0.356 e. The first-order valence-electron chi connectivity index (χ1n) is 10.2. The number of fused-ring (bicyclic) bond motifs is 1. The first kappa shape index (κ1) is 18.0. The number of piperidine rings is 1. The summed E-state index contributed by atoms with van der Waals surface area (Å²) in [5, 5.41) is 10.6. The summed E-state index contributed by atoms with van der Waals surface area (Å²) < 4.78 is 0. The molecule has 0 aliphatic carbocycles. The number of pyridine rings is 1. The molecule has 2 aromatic heterocycles. The van der Waals surface area contributed by atoms with Crippen molar-refractivity contribution in [2.75, 3.05) is 38.1 Å². The molecule has 0 bridgehead atoms. The van der Waals surface area contributed by atoms with E-state index >= 15 is 0 Å². The zero-order chi connectivity index (χ0) is 19.8. The first-order valence-corrected chi connectivity index (χ1v) is 10.2. The smallest absolute Gasteiger partial charge is 0.162 e. The topological polar surface area (TPSA) is 68.9 Å². The average Bonchev–Trinajstić information content (AvgIpc) is 3.13. The lowest BCUT2D eigenvalue weighted by Gasteiger charge is -2.40. The lowest BCUT2D eigenvalue weighted by Crippen LogP contribution is -2.41. The maximum Gasteiger partial charge on any atom is 0.162 e. The third-order valence-electron chi connectivity index (χ3n) is 6.52. The Bertz CT molecular complexity index is 1080. The third kappa shape index (κ3) is 3.22. The molecule has 146 valence electrons. The van der Waals surface area contributed by atoms with Crippen LogP contribution >= 0.6 is 0 Å². The Balaban J connectivity index is 1.57. The molecular formula is C23H24N6. The fourth-order valence-electron chi connectivity index (χ4n) is 4.86. The first-order chi connectivity index (χ1) is 14.2. The van der Waals surface area contributed by atoms with Gasteiger partial charge >= 0.3 is 0 Å². The zero-order valence-electron chi connectivity index (χ0n) is 16.7. The van der Waals surface area contributed by atoms with Crippen molar-refractivity contribution in [2.24, 2.45) is 5.41 Å². The van der Waals surface area contributed by atoms with Gasteiger partial charge < -0.3 is 9.80 Å². The van der Waals surface area contributed by atoms with Crippen molar-refractivity contribution in [3.8, 4) is 17.5 Å². The van der Waals surface area contributed by atoms with Gasteiger partial charge in [-0.15, -0.1) is 0 Å². The Morgan fingerprint density at radius 3 is 2.45 bits per heavy atom. The van der Waals surface area contributed by atoms with Gasteiger partial charge in [0.2, 0.25) is 0 Å². The number of benzene rings is 1. The van der Waals surface area contributed by atoms with E-state index < -0.39 is 0 Å². The summed E-state index contributed by atoms with van der Waals surface area (Å²) >= 11 is 0. The molecule has 2 aliphatic rings. The Morgan fingerprint density at radius 2 is 1.76 bits per heavy atom. The summed E-state index contributed by atoms with van der Waals surface area (Å²) in [4.78, 5) is 18.7. The van der Waals surface area contributed by atoms with Crippen LogP contribution in [0.4, 0.5) is 5.82 Å². The maximum atomic E-state index is 9.62. The minimum absolute atomic E-state index is 0.458. The number of nitriles is 1.